The largest absolute Gasteiger partial charge is 0.366 e. The van der Waals surface area contributed by atoms with E-state index in [4.69, 9.17) is 5.73 Å². The minimum absolute atomic E-state index is 0.191. The number of nitrogens with two attached hydrogens (primary N) is 1. The van der Waals surface area contributed by atoms with E-state index in [2.05, 4.69) is 27.4 Å². The van der Waals surface area contributed by atoms with E-state index in [1.54, 1.807) is 30.3 Å². The standard InChI is InChI=1S/C20H16N4O2/c21-19(25)16-10-8-14(9-11-16)5-4-12-22-20(26)18-13-17(23-24-18)15-6-2-1-3-7-15/h1-3,6-11,13H,12H2,(H2,21,25)(H,22,26)(H,23,24). The lowest BCUT2D eigenvalue weighted by Crippen LogP contribution is -2.23. The summed E-state index contributed by atoms with van der Waals surface area (Å²) in [5.74, 6) is 5.00. The van der Waals surface area contributed by atoms with Gasteiger partial charge in [0.2, 0.25) is 5.91 Å². The third-order valence-corrected chi connectivity index (χ3v) is 3.63. The number of hydrogen-bond donors (Lipinski definition) is 3. The number of rotatable bonds is 4. The first kappa shape index (κ1) is 17.0. The molecule has 0 aliphatic heterocycles. The molecule has 0 aliphatic carbocycles. The van der Waals surface area contributed by atoms with Gasteiger partial charge in [0, 0.05) is 16.7 Å². The summed E-state index contributed by atoms with van der Waals surface area (Å²) in [6, 6.07) is 17.9. The number of H-pyrrole nitrogens is 1. The highest BCUT2D eigenvalue weighted by Gasteiger charge is 2.09. The van der Waals surface area contributed by atoms with Gasteiger partial charge in [-0.2, -0.15) is 5.10 Å². The van der Waals surface area contributed by atoms with E-state index in [1.165, 1.54) is 0 Å². The maximum atomic E-state index is 12.1. The smallest absolute Gasteiger partial charge is 0.270 e. The third kappa shape index (κ3) is 4.16. The fourth-order valence-corrected chi connectivity index (χ4v) is 2.28. The number of aromatic nitrogens is 2. The van der Waals surface area contributed by atoms with E-state index in [-0.39, 0.29) is 12.5 Å². The Morgan fingerprint density at radius 3 is 2.50 bits per heavy atom. The quantitative estimate of drug-likeness (QED) is 0.631. The van der Waals surface area contributed by atoms with E-state index in [0.29, 0.717) is 17.0 Å². The van der Waals surface area contributed by atoms with Gasteiger partial charge in [-0.3, -0.25) is 14.7 Å². The first-order chi connectivity index (χ1) is 12.6. The molecule has 0 atom stereocenters. The monoisotopic (exact) mass is 344 g/mol. The number of nitrogens with zero attached hydrogens (tertiary/aromatic N) is 1. The van der Waals surface area contributed by atoms with Crippen LogP contribution in [-0.2, 0) is 0 Å². The van der Waals surface area contributed by atoms with Gasteiger partial charge in [-0.15, -0.1) is 0 Å². The van der Waals surface area contributed by atoms with Gasteiger partial charge >= 0.3 is 0 Å². The maximum absolute atomic E-state index is 12.1. The van der Waals surface area contributed by atoms with E-state index in [0.717, 1.165) is 11.1 Å². The highest BCUT2D eigenvalue weighted by molar-refractivity contribution is 5.93. The Morgan fingerprint density at radius 2 is 1.81 bits per heavy atom. The fourth-order valence-electron chi connectivity index (χ4n) is 2.28. The fraction of sp³-hybridized carbons (Fsp3) is 0.0500. The van der Waals surface area contributed by atoms with Gasteiger partial charge in [0.15, 0.2) is 0 Å². The van der Waals surface area contributed by atoms with Gasteiger partial charge in [0.05, 0.1) is 12.2 Å². The number of amides is 2. The zero-order chi connectivity index (χ0) is 18.4. The van der Waals surface area contributed by atoms with Crippen molar-refractivity contribution in [1.82, 2.24) is 15.5 Å². The van der Waals surface area contributed by atoms with Crippen molar-refractivity contribution in [3.63, 3.8) is 0 Å². The van der Waals surface area contributed by atoms with Crippen LogP contribution in [-0.4, -0.2) is 28.6 Å². The summed E-state index contributed by atoms with van der Waals surface area (Å²) >= 11 is 0. The molecule has 0 radical (unpaired) electrons. The topological polar surface area (TPSA) is 101 Å². The third-order valence-electron chi connectivity index (χ3n) is 3.63. The molecule has 3 aromatic rings. The predicted molar refractivity (Wildman–Crippen MR) is 98.2 cm³/mol. The summed E-state index contributed by atoms with van der Waals surface area (Å²) in [5.41, 5.74) is 8.35. The lowest BCUT2D eigenvalue weighted by molar-refractivity contribution is 0.0952. The molecule has 1 aromatic heterocycles. The Morgan fingerprint density at radius 1 is 1.08 bits per heavy atom. The lowest BCUT2D eigenvalue weighted by Gasteiger charge is -1.97. The molecule has 6 heteroatoms. The van der Waals surface area contributed by atoms with Gasteiger partial charge in [0.25, 0.3) is 5.91 Å². The highest BCUT2D eigenvalue weighted by atomic mass is 16.2. The maximum Gasteiger partial charge on any atom is 0.270 e. The lowest BCUT2D eigenvalue weighted by atomic mass is 10.1. The van der Waals surface area contributed by atoms with Crippen molar-refractivity contribution >= 4 is 11.8 Å². The average Bonchev–Trinajstić information content (AvgIpc) is 3.16. The summed E-state index contributed by atoms with van der Waals surface area (Å²) in [5, 5.41) is 9.58. The van der Waals surface area contributed by atoms with Crippen molar-refractivity contribution in [2.75, 3.05) is 6.54 Å². The van der Waals surface area contributed by atoms with Gasteiger partial charge in [-0.05, 0) is 30.3 Å². The highest BCUT2D eigenvalue weighted by Crippen LogP contribution is 2.16. The van der Waals surface area contributed by atoms with Gasteiger partial charge in [-0.25, -0.2) is 0 Å². The second-order valence-electron chi connectivity index (χ2n) is 5.46. The Hall–Kier alpha value is -3.85. The van der Waals surface area contributed by atoms with E-state index in [9.17, 15) is 9.59 Å². The van der Waals surface area contributed by atoms with Crippen molar-refractivity contribution in [2.24, 2.45) is 5.73 Å². The Balaban J connectivity index is 1.57. The zero-order valence-corrected chi connectivity index (χ0v) is 13.8. The second-order valence-corrected chi connectivity index (χ2v) is 5.46. The molecule has 2 amide bonds. The van der Waals surface area contributed by atoms with E-state index in [1.807, 2.05) is 30.3 Å². The second kappa shape index (κ2) is 7.81. The van der Waals surface area contributed by atoms with E-state index < -0.39 is 5.91 Å². The van der Waals surface area contributed by atoms with Gasteiger partial charge < -0.3 is 11.1 Å². The van der Waals surface area contributed by atoms with Gasteiger partial charge in [0.1, 0.15) is 5.69 Å². The van der Waals surface area contributed by atoms with Crippen LogP contribution < -0.4 is 11.1 Å². The van der Waals surface area contributed by atoms with E-state index >= 15 is 0 Å². The summed E-state index contributed by atoms with van der Waals surface area (Å²) in [6.07, 6.45) is 0. The summed E-state index contributed by atoms with van der Waals surface area (Å²) in [7, 11) is 0. The molecular weight excluding hydrogens is 328 g/mol. The molecular formula is C20H16N4O2. The number of carbonyl (C=O) groups excluding carboxylic acids is 2. The molecule has 4 N–H and O–H groups in total. The first-order valence-corrected chi connectivity index (χ1v) is 7.91. The molecule has 0 bridgehead atoms. The molecule has 26 heavy (non-hydrogen) atoms. The predicted octanol–water partition coefficient (Wildman–Crippen LogP) is 1.96. The summed E-state index contributed by atoms with van der Waals surface area (Å²) < 4.78 is 0. The Bertz CT molecular complexity index is 980. The van der Waals surface area contributed by atoms with Crippen LogP contribution in [0.3, 0.4) is 0 Å². The number of aromatic amines is 1. The molecule has 0 fully saturated rings. The molecule has 0 aliphatic rings. The van der Waals surface area contributed by atoms with Crippen LogP contribution in [0, 0.1) is 11.8 Å². The minimum Gasteiger partial charge on any atom is -0.366 e. The zero-order valence-electron chi connectivity index (χ0n) is 13.8. The molecule has 0 spiro atoms. The molecule has 0 saturated carbocycles. The number of carbonyl (C=O) groups is 2. The van der Waals surface area contributed by atoms with Crippen LogP contribution in [0.4, 0.5) is 0 Å². The summed E-state index contributed by atoms with van der Waals surface area (Å²) in [4.78, 5) is 23.1. The molecule has 3 rings (SSSR count). The first-order valence-electron chi connectivity index (χ1n) is 7.91. The van der Waals surface area contributed by atoms with Gasteiger partial charge in [-0.1, -0.05) is 42.2 Å². The van der Waals surface area contributed by atoms with Crippen LogP contribution in [0.1, 0.15) is 26.4 Å². The molecule has 6 nitrogen and oxygen atoms in total. The normalized spacial score (nSPS) is 9.85. The molecule has 1 heterocycles. The Labute approximate surface area is 150 Å². The SMILES string of the molecule is NC(=O)c1ccc(C#CCNC(=O)c2cc(-c3ccccc3)n[nH]2)cc1. The van der Waals surface area contributed by atoms with Crippen molar-refractivity contribution in [2.45, 2.75) is 0 Å². The number of nitrogens with one attached hydrogen (secondary N) is 2. The number of hydrogen-bond acceptors (Lipinski definition) is 3. The average molecular weight is 344 g/mol. The van der Waals surface area contributed by atoms with Crippen LogP contribution >= 0.6 is 0 Å². The van der Waals surface area contributed by atoms with Crippen LogP contribution in [0.15, 0.2) is 60.7 Å². The van der Waals surface area contributed by atoms with Crippen molar-refractivity contribution < 1.29 is 9.59 Å². The van der Waals surface area contributed by atoms with Crippen LogP contribution in [0.2, 0.25) is 0 Å². The molecule has 2 aromatic carbocycles. The molecule has 128 valence electrons. The minimum atomic E-state index is -0.480. The van der Waals surface area contributed by atoms with Crippen molar-refractivity contribution in [3.8, 4) is 23.1 Å². The van der Waals surface area contributed by atoms with Crippen molar-refractivity contribution in [1.29, 1.82) is 0 Å². The number of benzene rings is 2. The van der Waals surface area contributed by atoms with Crippen molar-refractivity contribution in [3.05, 3.63) is 77.5 Å². The number of primary amides is 1. The van der Waals surface area contributed by atoms with Crippen LogP contribution in [0.5, 0.6) is 0 Å². The molecule has 0 unspecified atom stereocenters. The summed E-state index contributed by atoms with van der Waals surface area (Å²) in [6.45, 7) is 0.191. The van der Waals surface area contributed by atoms with Crippen LogP contribution in [0.25, 0.3) is 11.3 Å². The Kier molecular flexibility index (Phi) is 5.11. The molecule has 0 saturated heterocycles.